The normalized spacial score (nSPS) is 22.4. The van der Waals surface area contributed by atoms with Gasteiger partial charge in [0.25, 0.3) is 0 Å². The monoisotopic (exact) mass is 221 g/mol. The first-order valence-corrected chi connectivity index (χ1v) is 6.51. The van der Waals surface area contributed by atoms with Gasteiger partial charge in [-0.3, -0.25) is 0 Å². The third kappa shape index (κ3) is 2.60. The van der Waals surface area contributed by atoms with Crippen molar-refractivity contribution in [2.45, 2.75) is 18.6 Å². The van der Waals surface area contributed by atoms with E-state index in [0.717, 1.165) is 0 Å². The van der Waals surface area contributed by atoms with Crippen molar-refractivity contribution >= 4 is 15.9 Å². The standard InChI is InChI=1S/C8H15NO4S/c1-3-13-8(10)9-5-4-7(6-9)14(2,11)12/h7H,3-6H2,1-2H3/t7-/m1/s1. The number of hydrogen-bond acceptors (Lipinski definition) is 4. The van der Waals surface area contributed by atoms with Gasteiger partial charge in [-0.25, -0.2) is 13.2 Å². The van der Waals surface area contributed by atoms with Crippen LogP contribution in [0.5, 0.6) is 0 Å². The van der Waals surface area contributed by atoms with Crippen molar-refractivity contribution in [1.29, 1.82) is 0 Å². The van der Waals surface area contributed by atoms with E-state index in [-0.39, 0.29) is 6.54 Å². The van der Waals surface area contributed by atoms with Crippen molar-refractivity contribution in [3.63, 3.8) is 0 Å². The molecule has 0 aromatic rings. The summed E-state index contributed by atoms with van der Waals surface area (Å²) in [5.41, 5.74) is 0. The molecule has 0 radical (unpaired) electrons. The molecular weight excluding hydrogens is 206 g/mol. The Morgan fingerprint density at radius 2 is 2.21 bits per heavy atom. The van der Waals surface area contributed by atoms with Gasteiger partial charge in [0.15, 0.2) is 9.84 Å². The van der Waals surface area contributed by atoms with Crippen LogP contribution < -0.4 is 0 Å². The summed E-state index contributed by atoms with van der Waals surface area (Å²) < 4.78 is 27.1. The number of hydrogen-bond donors (Lipinski definition) is 0. The number of sulfone groups is 1. The quantitative estimate of drug-likeness (QED) is 0.671. The molecule has 0 spiro atoms. The number of rotatable bonds is 2. The van der Waals surface area contributed by atoms with E-state index in [2.05, 4.69) is 0 Å². The van der Waals surface area contributed by atoms with Gasteiger partial charge in [0.2, 0.25) is 0 Å². The first-order valence-electron chi connectivity index (χ1n) is 4.55. The Hall–Kier alpha value is -0.780. The van der Waals surface area contributed by atoms with Crippen LogP contribution in [0.1, 0.15) is 13.3 Å². The highest BCUT2D eigenvalue weighted by Gasteiger charge is 2.32. The molecule has 5 nitrogen and oxygen atoms in total. The molecule has 0 N–H and O–H groups in total. The molecule has 14 heavy (non-hydrogen) atoms. The van der Waals surface area contributed by atoms with Crippen LogP contribution in [-0.2, 0) is 14.6 Å². The summed E-state index contributed by atoms with van der Waals surface area (Å²) >= 11 is 0. The van der Waals surface area contributed by atoms with E-state index in [9.17, 15) is 13.2 Å². The molecule has 0 aromatic carbocycles. The molecule has 0 aliphatic carbocycles. The highest BCUT2D eigenvalue weighted by Crippen LogP contribution is 2.16. The molecule has 1 aliphatic rings. The number of nitrogens with zero attached hydrogens (tertiary/aromatic N) is 1. The first kappa shape index (κ1) is 11.3. The van der Waals surface area contributed by atoms with Gasteiger partial charge in [-0.15, -0.1) is 0 Å². The molecule has 1 aliphatic heterocycles. The average Bonchev–Trinajstić information content (AvgIpc) is 2.51. The van der Waals surface area contributed by atoms with Gasteiger partial charge in [-0.05, 0) is 13.3 Å². The second-order valence-electron chi connectivity index (χ2n) is 3.39. The zero-order valence-corrected chi connectivity index (χ0v) is 9.21. The van der Waals surface area contributed by atoms with Crippen molar-refractivity contribution in [2.75, 3.05) is 26.0 Å². The van der Waals surface area contributed by atoms with E-state index in [1.165, 1.54) is 11.2 Å². The maximum absolute atomic E-state index is 11.2. The highest BCUT2D eigenvalue weighted by atomic mass is 32.2. The second kappa shape index (κ2) is 4.16. The van der Waals surface area contributed by atoms with E-state index < -0.39 is 21.2 Å². The van der Waals surface area contributed by atoms with Crippen LogP contribution in [0.15, 0.2) is 0 Å². The number of ether oxygens (including phenoxy) is 1. The van der Waals surface area contributed by atoms with Gasteiger partial charge in [-0.2, -0.15) is 0 Å². The Kier molecular flexibility index (Phi) is 3.36. The van der Waals surface area contributed by atoms with Crippen molar-refractivity contribution in [3.05, 3.63) is 0 Å². The predicted molar refractivity (Wildman–Crippen MR) is 51.8 cm³/mol. The van der Waals surface area contributed by atoms with Gasteiger partial charge >= 0.3 is 6.09 Å². The largest absolute Gasteiger partial charge is 0.450 e. The number of likely N-dealkylation sites (tertiary alicyclic amines) is 1. The number of carbonyl (C=O) groups excluding carboxylic acids is 1. The fraction of sp³-hybridized carbons (Fsp3) is 0.875. The minimum atomic E-state index is -3.03. The summed E-state index contributed by atoms with van der Waals surface area (Å²) in [5, 5.41) is -0.424. The van der Waals surface area contributed by atoms with Crippen molar-refractivity contribution < 1.29 is 17.9 Å². The van der Waals surface area contributed by atoms with Crippen molar-refractivity contribution in [1.82, 2.24) is 4.90 Å². The Bertz CT molecular complexity index is 311. The molecule has 82 valence electrons. The fourth-order valence-electron chi connectivity index (χ4n) is 1.46. The highest BCUT2D eigenvalue weighted by molar-refractivity contribution is 7.91. The maximum atomic E-state index is 11.2. The molecule has 6 heteroatoms. The smallest absolute Gasteiger partial charge is 0.409 e. The van der Waals surface area contributed by atoms with Gasteiger partial charge in [0, 0.05) is 19.3 Å². The number of carbonyl (C=O) groups is 1. The van der Waals surface area contributed by atoms with Crippen LogP contribution in [0.3, 0.4) is 0 Å². The summed E-state index contributed by atoms with van der Waals surface area (Å²) in [6.07, 6.45) is 1.29. The van der Waals surface area contributed by atoms with Gasteiger partial charge in [0.05, 0.1) is 11.9 Å². The molecular formula is C8H15NO4S. The molecule has 0 aromatic heterocycles. The molecule has 0 unspecified atom stereocenters. The van der Waals surface area contributed by atoms with E-state index in [4.69, 9.17) is 4.74 Å². The Balaban J connectivity index is 2.54. The topological polar surface area (TPSA) is 63.7 Å². The zero-order valence-electron chi connectivity index (χ0n) is 8.39. The van der Waals surface area contributed by atoms with E-state index in [0.29, 0.717) is 19.6 Å². The minimum absolute atomic E-state index is 0.262. The van der Waals surface area contributed by atoms with Crippen LogP contribution >= 0.6 is 0 Å². The lowest BCUT2D eigenvalue weighted by atomic mass is 10.4. The maximum Gasteiger partial charge on any atom is 0.409 e. The molecule has 0 bridgehead atoms. The third-order valence-corrected chi connectivity index (χ3v) is 3.87. The van der Waals surface area contributed by atoms with Crippen LogP contribution in [0.25, 0.3) is 0 Å². The van der Waals surface area contributed by atoms with Crippen LogP contribution in [-0.4, -0.2) is 50.6 Å². The Morgan fingerprint density at radius 3 is 2.64 bits per heavy atom. The summed E-state index contributed by atoms with van der Waals surface area (Å²) in [7, 11) is -3.03. The lowest BCUT2D eigenvalue weighted by molar-refractivity contribution is 0.116. The minimum Gasteiger partial charge on any atom is -0.450 e. The summed E-state index contributed by atoms with van der Waals surface area (Å²) in [6, 6.07) is 0. The van der Waals surface area contributed by atoms with Gasteiger partial charge in [0.1, 0.15) is 0 Å². The van der Waals surface area contributed by atoms with Crippen molar-refractivity contribution in [2.24, 2.45) is 0 Å². The summed E-state index contributed by atoms with van der Waals surface area (Å²) in [5.74, 6) is 0. The Labute approximate surface area is 83.9 Å². The Morgan fingerprint density at radius 1 is 1.57 bits per heavy atom. The van der Waals surface area contributed by atoms with Crippen LogP contribution in [0, 0.1) is 0 Å². The van der Waals surface area contributed by atoms with Crippen LogP contribution in [0.4, 0.5) is 4.79 Å². The lowest BCUT2D eigenvalue weighted by Crippen LogP contribution is -2.32. The van der Waals surface area contributed by atoms with Crippen LogP contribution in [0.2, 0.25) is 0 Å². The lowest BCUT2D eigenvalue weighted by Gasteiger charge is -2.14. The predicted octanol–water partition coefficient (Wildman–Crippen LogP) is 0.262. The molecule has 1 fully saturated rings. The molecule has 0 saturated carbocycles. The average molecular weight is 221 g/mol. The van der Waals surface area contributed by atoms with Crippen molar-refractivity contribution in [3.8, 4) is 0 Å². The first-order chi connectivity index (χ1) is 6.45. The zero-order chi connectivity index (χ0) is 10.8. The molecule has 1 amide bonds. The summed E-state index contributed by atoms with van der Waals surface area (Å²) in [6.45, 7) is 2.77. The third-order valence-electron chi connectivity index (χ3n) is 2.28. The number of amides is 1. The van der Waals surface area contributed by atoms with Gasteiger partial charge in [-0.1, -0.05) is 0 Å². The second-order valence-corrected chi connectivity index (χ2v) is 5.71. The van der Waals surface area contributed by atoms with E-state index in [1.54, 1.807) is 6.92 Å². The molecule has 1 rings (SSSR count). The van der Waals surface area contributed by atoms with E-state index >= 15 is 0 Å². The molecule has 1 heterocycles. The SMILES string of the molecule is CCOC(=O)N1CC[C@@H](S(C)(=O)=O)C1. The molecule has 1 atom stereocenters. The summed E-state index contributed by atoms with van der Waals surface area (Å²) in [4.78, 5) is 12.7. The van der Waals surface area contributed by atoms with E-state index in [1.807, 2.05) is 0 Å². The fourth-order valence-corrected chi connectivity index (χ4v) is 2.44. The van der Waals surface area contributed by atoms with Gasteiger partial charge < -0.3 is 9.64 Å². The molecule has 1 saturated heterocycles.